The maximum Gasteiger partial charge on any atom is 0.147 e. The van der Waals surface area contributed by atoms with E-state index in [1.54, 1.807) is 0 Å². The van der Waals surface area contributed by atoms with Gasteiger partial charge in [-0.2, -0.15) is 0 Å². The van der Waals surface area contributed by atoms with Gasteiger partial charge in [0.2, 0.25) is 0 Å². The van der Waals surface area contributed by atoms with Crippen LogP contribution in [0.25, 0.3) is 72.1 Å². The van der Waals surface area contributed by atoms with Gasteiger partial charge in [-0.05, 0) is 106 Å². The van der Waals surface area contributed by atoms with Gasteiger partial charge in [-0.1, -0.05) is 121 Å². The van der Waals surface area contributed by atoms with E-state index in [0.717, 1.165) is 40.2 Å². The molecule has 2 aliphatic carbocycles. The molecule has 7 aromatic carbocycles. The van der Waals surface area contributed by atoms with Crippen molar-refractivity contribution in [1.29, 1.82) is 0 Å². The summed E-state index contributed by atoms with van der Waals surface area (Å²) in [6, 6.07) is 63.6. The SMILES string of the molecule is c1ccc(-c2ccc(N(c3ccc(-c4ccccc4)cc3)c3ccc4cc3-c3c(c5ccccc5n5c3nc3ccccc35)C3=C4C3)cc2)cc1. The second-order valence-corrected chi connectivity index (χ2v) is 13.6. The Morgan fingerprint density at radius 3 is 1.67 bits per heavy atom. The van der Waals surface area contributed by atoms with Crippen LogP contribution in [0, 0.1) is 0 Å². The Morgan fingerprint density at radius 1 is 0.451 bits per heavy atom. The van der Waals surface area contributed by atoms with E-state index in [1.165, 1.54) is 66.6 Å². The highest BCUT2D eigenvalue weighted by Crippen LogP contribution is 2.58. The quantitative estimate of drug-likeness (QED) is 0.185. The Labute approximate surface area is 296 Å². The molecule has 2 aliphatic rings. The first-order valence-electron chi connectivity index (χ1n) is 17.6. The largest absolute Gasteiger partial charge is 0.310 e. The third-order valence-corrected chi connectivity index (χ3v) is 10.7. The first-order chi connectivity index (χ1) is 25.3. The topological polar surface area (TPSA) is 20.5 Å². The van der Waals surface area contributed by atoms with Crippen molar-refractivity contribution in [2.24, 2.45) is 0 Å². The number of nitrogens with zero attached hydrogens (tertiary/aromatic N) is 3. The molecule has 0 unspecified atom stereocenters. The van der Waals surface area contributed by atoms with Crippen LogP contribution in [0.5, 0.6) is 0 Å². The van der Waals surface area contributed by atoms with Gasteiger partial charge in [0, 0.05) is 27.9 Å². The van der Waals surface area contributed by atoms with Gasteiger partial charge in [-0.15, -0.1) is 0 Å². The fourth-order valence-corrected chi connectivity index (χ4v) is 8.19. The van der Waals surface area contributed by atoms with Gasteiger partial charge in [0.25, 0.3) is 0 Å². The van der Waals surface area contributed by atoms with Crippen LogP contribution in [-0.4, -0.2) is 9.38 Å². The zero-order chi connectivity index (χ0) is 33.5. The molecule has 0 spiro atoms. The van der Waals surface area contributed by atoms with Crippen molar-refractivity contribution in [3.8, 4) is 33.4 Å². The Morgan fingerprint density at radius 2 is 1.00 bits per heavy atom. The lowest BCUT2D eigenvalue weighted by Gasteiger charge is -2.29. The summed E-state index contributed by atoms with van der Waals surface area (Å²) in [5.74, 6) is 0. The minimum Gasteiger partial charge on any atom is -0.310 e. The van der Waals surface area contributed by atoms with E-state index in [4.69, 9.17) is 4.98 Å². The molecule has 238 valence electrons. The van der Waals surface area contributed by atoms with Crippen molar-refractivity contribution in [2.45, 2.75) is 6.42 Å². The van der Waals surface area contributed by atoms with E-state index in [2.05, 4.69) is 185 Å². The fourth-order valence-electron chi connectivity index (χ4n) is 8.19. The molecule has 0 amide bonds. The molecular formula is C48H31N3. The van der Waals surface area contributed by atoms with E-state index in [-0.39, 0.29) is 0 Å². The Hall–Kier alpha value is -6.71. The van der Waals surface area contributed by atoms with Gasteiger partial charge < -0.3 is 4.90 Å². The molecule has 2 aromatic heterocycles. The van der Waals surface area contributed by atoms with Crippen LogP contribution in [0.4, 0.5) is 17.1 Å². The summed E-state index contributed by atoms with van der Waals surface area (Å²) in [4.78, 5) is 7.81. The highest BCUT2D eigenvalue weighted by atomic mass is 15.1. The summed E-state index contributed by atoms with van der Waals surface area (Å²) in [7, 11) is 0. The number of hydrogen-bond acceptors (Lipinski definition) is 2. The van der Waals surface area contributed by atoms with Crippen molar-refractivity contribution < 1.29 is 0 Å². The maximum atomic E-state index is 5.38. The zero-order valence-corrected chi connectivity index (χ0v) is 27.8. The number of pyridine rings is 1. The van der Waals surface area contributed by atoms with Crippen molar-refractivity contribution in [3.63, 3.8) is 0 Å². The van der Waals surface area contributed by atoms with Crippen molar-refractivity contribution in [2.75, 3.05) is 4.90 Å². The van der Waals surface area contributed by atoms with Gasteiger partial charge >= 0.3 is 0 Å². The number of imidazole rings is 1. The van der Waals surface area contributed by atoms with Crippen LogP contribution in [0.15, 0.2) is 176 Å². The standard InChI is InChI=1S/C48H31N3/c1-3-11-31(12-4-1)33-19-24-36(25-20-33)50(37-26-21-34(22-27-37)32-13-5-2-6-14-32)44-28-23-35-29-41(44)47-46(40-30-39(35)40)38-15-7-9-17-43(38)51-45-18-10-8-16-42(45)49-48(47)51/h1-29H,30H2. The van der Waals surface area contributed by atoms with Gasteiger partial charge in [0.15, 0.2) is 0 Å². The average Bonchev–Trinajstić information content (AvgIpc) is 3.92. The molecule has 2 bridgehead atoms. The molecule has 2 heterocycles. The van der Waals surface area contributed by atoms with Crippen LogP contribution >= 0.6 is 0 Å². The molecule has 0 radical (unpaired) electrons. The molecule has 3 nitrogen and oxygen atoms in total. The first-order valence-corrected chi connectivity index (χ1v) is 17.6. The molecule has 0 N–H and O–H groups in total. The molecule has 9 aromatic rings. The number of anilines is 3. The number of para-hydroxylation sites is 3. The molecule has 0 saturated carbocycles. The second-order valence-electron chi connectivity index (χ2n) is 13.6. The lowest BCUT2D eigenvalue weighted by molar-refractivity contribution is 1.26. The molecule has 0 saturated heterocycles. The van der Waals surface area contributed by atoms with Crippen LogP contribution < -0.4 is 4.90 Å². The molecule has 3 heteroatoms. The lowest BCUT2D eigenvalue weighted by atomic mass is 9.92. The van der Waals surface area contributed by atoms with E-state index in [1.807, 2.05) is 0 Å². The monoisotopic (exact) mass is 649 g/mol. The summed E-state index contributed by atoms with van der Waals surface area (Å²) < 4.78 is 2.38. The molecule has 11 rings (SSSR count). The minimum absolute atomic E-state index is 1.00. The number of aromatic nitrogens is 2. The third kappa shape index (κ3) is 4.35. The van der Waals surface area contributed by atoms with E-state index in [9.17, 15) is 0 Å². The Kier molecular flexibility index (Phi) is 6.02. The number of benzene rings is 7. The van der Waals surface area contributed by atoms with Crippen LogP contribution in [0.2, 0.25) is 0 Å². The normalized spacial score (nSPS) is 12.9. The maximum absolute atomic E-state index is 5.38. The average molecular weight is 650 g/mol. The summed E-state index contributed by atoms with van der Waals surface area (Å²) in [5.41, 5.74) is 20.4. The van der Waals surface area contributed by atoms with Gasteiger partial charge in [0.05, 0.1) is 22.2 Å². The second kappa shape index (κ2) is 10.9. The van der Waals surface area contributed by atoms with Crippen molar-refractivity contribution in [3.05, 3.63) is 187 Å². The third-order valence-electron chi connectivity index (χ3n) is 10.7. The molecular weight excluding hydrogens is 619 g/mol. The molecule has 0 aliphatic heterocycles. The number of rotatable bonds is 5. The number of allylic oxidation sites excluding steroid dienone is 2. The van der Waals surface area contributed by atoms with Crippen LogP contribution in [-0.2, 0) is 0 Å². The van der Waals surface area contributed by atoms with Gasteiger partial charge in [-0.3, -0.25) is 4.40 Å². The molecule has 51 heavy (non-hydrogen) atoms. The van der Waals surface area contributed by atoms with E-state index >= 15 is 0 Å². The highest BCUT2D eigenvalue weighted by Gasteiger charge is 2.35. The number of fused-ring (bicyclic) bond motifs is 13. The predicted octanol–water partition coefficient (Wildman–Crippen LogP) is 12.7. The Bertz CT molecular complexity index is 2760. The first kappa shape index (κ1) is 28.2. The van der Waals surface area contributed by atoms with Crippen LogP contribution in [0.3, 0.4) is 0 Å². The van der Waals surface area contributed by atoms with Crippen LogP contribution in [0.1, 0.15) is 17.5 Å². The minimum atomic E-state index is 1.00. The van der Waals surface area contributed by atoms with Gasteiger partial charge in [0.1, 0.15) is 5.65 Å². The smallest absolute Gasteiger partial charge is 0.147 e. The predicted molar refractivity (Wildman–Crippen MR) is 213 cm³/mol. The highest BCUT2D eigenvalue weighted by molar-refractivity contribution is 6.21. The summed E-state index contributed by atoms with van der Waals surface area (Å²) >= 11 is 0. The fraction of sp³-hybridized carbons (Fsp3) is 0.0208. The van der Waals surface area contributed by atoms with E-state index in [0.29, 0.717) is 0 Å². The summed E-state index contributed by atoms with van der Waals surface area (Å²) in [5, 5.41) is 1.27. The van der Waals surface area contributed by atoms with Crippen molar-refractivity contribution in [1.82, 2.24) is 9.38 Å². The molecule has 0 atom stereocenters. The Balaban J connectivity index is 1.18. The van der Waals surface area contributed by atoms with E-state index < -0.39 is 0 Å². The van der Waals surface area contributed by atoms with Crippen molar-refractivity contribution >= 4 is 55.8 Å². The summed E-state index contributed by atoms with van der Waals surface area (Å²) in [6.07, 6.45) is 1.01. The zero-order valence-electron chi connectivity index (χ0n) is 27.8. The lowest BCUT2D eigenvalue weighted by Crippen LogP contribution is -2.12. The summed E-state index contributed by atoms with van der Waals surface area (Å²) in [6.45, 7) is 0. The number of hydrogen-bond donors (Lipinski definition) is 0. The molecule has 0 fully saturated rings. The van der Waals surface area contributed by atoms with Gasteiger partial charge in [-0.25, -0.2) is 4.98 Å².